The summed E-state index contributed by atoms with van der Waals surface area (Å²) in [4.78, 5) is 35.1. The average Bonchev–Trinajstić information content (AvgIpc) is 2.47. The molecule has 6 nitrogen and oxygen atoms in total. The van der Waals surface area contributed by atoms with Gasteiger partial charge in [0.1, 0.15) is 0 Å². The van der Waals surface area contributed by atoms with E-state index >= 15 is 0 Å². The Morgan fingerprint density at radius 2 is 1.71 bits per heavy atom. The van der Waals surface area contributed by atoms with E-state index in [-0.39, 0.29) is 29.9 Å². The van der Waals surface area contributed by atoms with E-state index in [1.54, 1.807) is 6.07 Å². The Hall–Kier alpha value is -2.47. The van der Waals surface area contributed by atoms with Gasteiger partial charge in [-0.15, -0.1) is 0 Å². The van der Waals surface area contributed by atoms with Gasteiger partial charge in [-0.3, -0.25) is 0 Å². The Morgan fingerprint density at radius 1 is 1.14 bits per heavy atom. The SMILES string of the molecule is C=C(C)C(=O)OC(=O)c1ccccc1C(=O)OCCCO. The van der Waals surface area contributed by atoms with E-state index < -0.39 is 17.9 Å². The van der Waals surface area contributed by atoms with E-state index in [0.717, 1.165) is 0 Å². The van der Waals surface area contributed by atoms with Crippen LogP contribution >= 0.6 is 0 Å². The number of hydrogen-bond donors (Lipinski definition) is 1. The van der Waals surface area contributed by atoms with Crippen LogP contribution in [0, 0.1) is 0 Å². The summed E-state index contributed by atoms with van der Waals surface area (Å²) in [5, 5.41) is 8.63. The van der Waals surface area contributed by atoms with E-state index in [1.165, 1.54) is 25.1 Å². The summed E-state index contributed by atoms with van der Waals surface area (Å²) in [7, 11) is 0. The number of aliphatic hydroxyl groups excluding tert-OH is 1. The van der Waals surface area contributed by atoms with Crippen molar-refractivity contribution in [2.45, 2.75) is 13.3 Å². The Bertz CT molecular complexity index is 561. The van der Waals surface area contributed by atoms with E-state index in [0.29, 0.717) is 6.42 Å². The van der Waals surface area contributed by atoms with Gasteiger partial charge in [0, 0.05) is 18.6 Å². The highest BCUT2D eigenvalue weighted by atomic mass is 16.6. The fraction of sp³-hybridized carbons (Fsp3) is 0.267. The van der Waals surface area contributed by atoms with Crippen LogP contribution in [0.3, 0.4) is 0 Å². The lowest BCUT2D eigenvalue weighted by Gasteiger charge is -2.08. The van der Waals surface area contributed by atoms with Crippen LogP contribution in [0.1, 0.15) is 34.1 Å². The zero-order chi connectivity index (χ0) is 15.8. The highest BCUT2D eigenvalue weighted by Crippen LogP contribution is 2.13. The largest absolute Gasteiger partial charge is 0.462 e. The molecule has 0 saturated heterocycles. The summed E-state index contributed by atoms with van der Waals surface area (Å²) >= 11 is 0. The van der Waals surface area contributed by atoms with Gasteiger partial charge in [-0.2, -0.15) is 0 Å². The van der Waals surface area contributed by atoms with Crippen molar-refractivity contribution in [1.29, 1.82) is 0 Å². The number of aliphatic hydroxyl groups is 1. The highest BCUT2D eigenvalue weighted by molar-refractivity contribution is 6.07. The third-order valence-corrected chi connectivity index (χ3v) is 2.44. The van der Waals surface area contributed by atoms with Gasteiger partial charge in [0.05, 0.1) is 17.7 Å². The van der Waals surface area contributed by atoms with Crippen LogP contribution < -0.4 is 0 Å². The minimum absolute atomic E-state index is 0.00467. The molecule has 1 N–H and O–H groups in total. The molecule has 0 heterocycles. The Kier molecular flexibility index (Phi) is 6.29. The molecule has 1 rings (SSSR count). The number of hydrogen-bond acceptors (Lipinski definition) is 6. The van der Waals surface area contributed by atoms with E-state index in [9.17, 15) is 14.4 Å². The Labute approximate surface area is 122 Å². The van der Waals surface area contributed by atoms with Crippen molar-refractivity contribution in [2.24, 2.45) is 0 Å². The van der Waals surface area contributed by atoms with Crippen LogP contribution in [0.25, 0.3) is 0 Å². The Balaban J connectivity index is 2.88. The molecule has 0 radical (unpaired) electrons. The van der Waals surface area contributed by atoms with E-state index in [4.69, 9.17) is 9.84 Å². The molecule has 0 aliphatic carbocycles. The van der Waals surface area contributed by atoms with Crippen molar-refractivity contribution >= 4 is 17.9 Å². The average molecular weight is 292 g/mol. The second-order valence-corrected chi connectivity index (χ2v) is 4.22. The number of carbonyl (C=O) groups is 3. The van der Waals surface area contributed by atoms with Gasteiger partial charge in [-0.05, 0) is 19.1 Å². The van der Waals surface area contributed by atoms with Crippen molar-refractivity contribution in [1.82, 2.24) is 0 Å². The van der Waals surface area contributed by atoms with Crippen molar-refractivity contribution in [2.75, 3.05) is 13.2 Å². The van der Waals surface area contributed by atoms with Crippen molar-refractivity contribution in [3.05, 3.63) is 47.5 Å². The van der Waals surface area contributed by atoms with Crippen LogP contribution in [0.4, 0.5) is 0 Å². The second-order valence-electron chi connectivity index (χ2n) is 4.22. The van der Waals surface area contributed by atoms with Gasteiger partial charge in [0.15, 0.2) is 0 Å². The van der Waals surface area contributed by atoms with Gasteiger partial charge in [0.2, 0.25) is 0 Å². The Morgan fingerprint density at radius 3 is 2.24 bits per heavy atom. The molecule has 0 amide bonds. The van der Waals surface area contributed by atoms with Gasteiger partial charge < -0.3 is 14.6 Å². The minimum Gasteiger partial charge on any atom is -0.462 e. The zero-order valence-electron chi connectivity index (χ0n) is 11.6. The maximum atomic E-state index is 11.9. The highest BCUT2D eigenvalue weighted by Gasteiger charge is 2.21. The molecular formula is C15H16O6. The molecular weight excluding hydrogens is 276 g/mol. The molecule has 6 heteroatoms. The molecule has 21 heavy (non-hydrogen) atoms. The monoisotopic (exact) mass is 292 g/mol. The normalized spacial score (nSPS) is 9.81. The number of benzene rings is 1. The van der Waals surface area contributed by atoms with Crippen LogP contribution in [-0.4, -0.2) is 36.2 Å². The summed E-state index contributed by atoms with van der Waals surface area (Å²) < 4.78 is 9.49. The van der Waals surface area contributed by atoms with Gasteiger partial charge in [0.25, 0.3) is 0 Å². The third-order valence-electron chi connectivity index (χ3n) is 2.44. The molecule has 0 spiro atoms. The summed E-state index contributed by atoms with van der Waals surface area (Å²) in [6.45, 7) is 4.70. The van der Waals surface area contributed by atoms with Gasteiger partial charge in [-0.25, -0.2) is 14.4 Å². The second kappa shape index (κ2) is 7.96. The molecule has 0 atom stereocenters. The van der Waals surface area contributed by atoms with Crippen LogP contribution in [0.15, 0.2) is 36.4 Å². The lowest BCUT2D eigenvalue weighted by atomic mass is 10.1. The lowest BCUT2D eigenvalue weighted by Crippen LogP contribution is -2.17. The number of rotatable bonds is 6. The van der Waals surface area contributed by atoms with Crippen molar-refractivity contribution < 1.29 is 29.0 Å². The predicted molar refractivity (Wildman–Crippen MR) is 73.7 cm³/mol. The maximum absolute atomic E-state index is 11.9. The maximum Gasteiger partial charge on any atom is 0.346 e. The van der Waals surface area contributed by atoms with Gasteiger partial charge >= 0.3 is 17.9 Å². The van der Waals surface area contributed by atoms with Crippen molar-refractivity contribution in [3.63, 3.8) is 0 Å². The smallest absolute Gasteiger partial charge is 0.346 e. The topological polar surface area (TPSA) is 89.9 Å². The predicted octanol–water partition coefficient (Wildman–Crippen LogP) is 1.49. The first-order valence-corrected chi connectivity index (χ1v) is 6.26. The first-order chi connectivity index (χ1) is 9.97. The summed E-state index contributed by atoms with van der Waals surface area (Å²) in [5.41, 5.74) is 0.00223. The molecule has 112 valence electrons. The number of ether oxygens (including phenoxy) is 2. The fourth-order valence-electron chi connectivity index (χ4n) is 1.37. The van der Waals surface area contributed by atoms with E-state index in [2.05, 4.69) is 11.3 Å². The van der Waals surface area contributed by atoms with Crippen LogP contribution in [0.2, 0.25) is 0 Å². The standard InChI is InChI=1S/C15H16O6/c1-10(2)13(17)21-15(19)12-7-4-3-6-11(12)14(18)20-9-5-8-16/h3-4,6-7,16H,1,5,8-9H2,2H3. The fourth-order valence-corrected chi connectivity index (χ4v) is 1.37. The molecule has 0 bridgehead atoms. The van der Waals surface area contributed by atoms with Crippen molar-refractivity contribution in [3.8, 4) is 0 Å². The number of carbonyl (C=O) groups excluding carboxylic acids is 3. The summed E-state index contributed by atoms with van der Waals surface area (Å²) in [6.07, 6.45) is 0.298. The van der Waals surface area contributed by atoms with Gasteiger partial charge in [-0.1, -0.05) is 18.7 Å². The molecule has 0 saturated carbocycles. The quantitative estimate of drug-likeness (QED) is 0.370. The third kappa shape index (κ3) is 4.85. The summed E-state index contributed by atoms with van der Waals surface area (Å²) in [6, 6.07) is 5.84. The zero-order valence-corrected chi connectivity index (χ0v) is 11.6. The van der Waals surface area contributed by atoms with E-state index in [1.807, 2.05) is 0 Å². The first-order valence-electron chi connectivity index (χ1n) is 6.26. The minimum atomic E-state index is -0.947. The molecule has 0 unspecified atom stereocenters. The molecule has 0 aliphatic heterocycles. The summed E-state index contributed by atoms with van der Waals surface area (Å²) in [5.74, 6) is -2.53. The molecule has 0 aliphatic rings. The number of esters is 3. The molecule has 0 aromatic heterocycles. The van der Waals surface area contributed by atoms with Crippen LogP contribution in [0.5, 0.6) is 0 Å². The first kappa shape index (κ1) is 16.6. The molecule has 0 fully saturated rings. The molecule has 1 aromatic carbocycles. The lowest BCUT2D eigenvalue weighted by molar-refractivity contribution is -0.133. The molecule has 1 aromatic rings. The van der Waals surface area contributed by atoms with Crippen LogP contribution in [-0.2, 0) is 14.3 Å².